The molecular formula is C9H6BrNO3S. The van der Waals surface area contributed by atoms with Gasteiger partial charge in [-0.1, -0.05) is 27.7 Å². The molecule has 0 atom stereocenters. The van der Waals surface area contributed by atoms with Crippen LogP contribution < -0.4 is 5.32 Å². The Kier molecular flexibility index (Phi) is 2.62. The third kappa shape index (κ3) is 1.95. The van der Waals surface area contributed by atoms with Crippen molar-refractivity contribution in [3.8, 4) is 0 Å². The van der Waals surface area contributed by atoms with Gasteiger partial charge >= 0.3 is 0 Å². The third-order valence-corrected chi connectivity index (χ3v) is 3.45. The second-order valence-electron chi connectivity index (χ2n) is 2.85. The van der Waals surface area contributed by atoms with Gasteiger partial charge in [-0.2, -0.15) is 0 Å². The molecule has 0 spiro atoms. The maximum atomic E-state index is 11.4. The molecule has 1 aromatic rings. The van der Waals surface area contributed by atoms with Gasteiger partial charge in [0.05, 0.1) is 5.69 Å². The van der Waals surface area contributed by atoms with Crippen LogP contribution in [0.3, 0.4) is 0 Å². The van der Waals surface area contributed by atoms with Gasteiger partial charge in [0.2, 0.25) is 0 Å². The van der Waals surface area contributed by atoms with E-state index in [0.717, 1.165) is 21.1 Å². The number of aliphatic hydroxyl groups excluding tert-OH is 1. The first-order chi connectivity index (χ1) is 7.08. The van der Waals surface area contributed by atoms with Gasteiger partial charge in [0.25, 0.3) is 11.9 Å². The number of carbonyl (C=O) groups is 1. The first-order valence-corrected chi connectivity index (χ1v) is 5.60. The summed E-state index contributed by atoms with van der Waals surface area (Å²) >= 11 is 4.31. The zero-order valence-electron chi connectivity index (χ0n) is 7.32. The molecule has 1 heterocycles. The summed E-state index contributed by atoms with van der Waals surface area (Å²) in [5, 5.41) is 20.3. The summed E-state index contributed by atoms with van der Waals surface area (Å²) in [7, 11) is 0. The molecule has 2 rings (SSSR count). The number of anilines is 1. The molecule has 0 fully saturated rings. The first kappa shape index (κ1) is 10.4. The molecule has 1 aliphatic rings. The number of rotatable bonds is 0. The molecule has 78 valence electrons. The average molecular weight is 288 g/mol. The Balaban J connectivity index is 2.47. The number of hydrogen-bond donors (Lipinski definition) is 3. The largest absolute Gasteiger partial charge is 0.480 e. The summed E-state index contributed by atoms with van der Waals surface area (Å²) in [5.41, 5.74) is 0.657. The molecule has 0 unspecified atom stereocenters. The number of nitrogens with one attached hydrogen (secondary N) is 1. The zero-order valence-corrected chi connectivity index (χ0v) is 9.72. The van der Waals surface area contributed by atoms with Crippen LogP contribution in [0, 0.1) is 0 Å². The Labute approximate surface area is 98.1 Å². The molecule has 1 aromatic carbocycles. The first-order valence-electron chi connectivity index (χ1n) is 3.99. The van der Waals surface area contributed by atoms with E-state index in [1.807, 2.05) is 6.07 Å². The number of fused-ring (bicyclic) bond motifs is 1. The van der Waals surface area contributed by atoms with Crippen molar-refractivity contribution in [2.75, 3.05) is 5.32 Å². The minimum absolute atomic E-state index is 0.0928. The lowest BCUT2D eigenvalue weighted by Gasteiger charge is -2.17. The molecule has 6 heteroatoms. The highest BCUT2D eigenvalue weighted by molar-refractivity contribution is 9.10. The van der Waals surface area contributed by atoms with Crippen LogP contribution >= 0.6 is 27.7 Å². The zero-order chi connectivity index (χ0) is 11.0. The van der Waals surface area contributed by atoms with E-state index in [1.54, 1.807) is 12.1 Å². The Morgan fingerprint density at radius 3 is 2.80 bits per heavy atom. The van der Waals surface area contributed by atoms with Crippen molar-refractivity contribution in [1.29, 1.82) is 0 Å². The van der Waals surface area contributed by atoms with Crippen LogP contribution in [0.5, 0.6) is 0 Å². The predicted molar refractivity (Wildman–Crippen MR) is 60.9 cm³/mol. The number of benzene rings is 1. The van der Waals surface area contributed by atoms with Gasteiger partial charge in [-0.25, -0.2) is 0 Å². The molecule has 15 heavy (non-hydrogen) atoms. The fourth-order valence-corrected chi connectivity index (χ4v) is 2.34. The normalized spacial score (nSPS) is 14.5. The predicted octanol–water partition coefficient (Wildman–Crippen LogP) is 2.78. The third-order valence-electron chi connectivity index (χ3n) is 1.81. The molecule has 4 nitrogen and oxygen atoms in total. The molecule has 3 N–H and O–H groups in total. The van der Waals surface area contributed by atoms with Crippen LogP contribution in [-0.4, -0.2) is 16.1 Å². The van der Waals surface area contributed by atoms with Gasteiger partial charge in [0.15, 0.2) is 4.91 Å². The van der Waals surface area contributed by atoms with E-state index in [0.29, 0.717) is 5.69 Å². The highest BCUT2D eigenvalue weighted by Gasteiger charge is 2.24. The fraction of sp³-hybridized carbons (Fsp3) is 0. The number of amides is 1. The molecule has 0 radical (unpaired) electrons. The van der Waals surface area contributed by atoms with Crippen LogP contribution in [-0.2, 0) is 4.79 Å². The lowest BCUT2D eigenvalue weighted by Crippen LogP contribution is -2.18. The molecular weight excluding hydrogens is 282 g/mol. The maximum absolute atomic E-state index is 11.4. The lowest BCUT2D eigenvalue weighted by molar-refractivity contribution is -0.112. The lowest BCUT2D eigenvalue weighted by atomic mass is 10.3. The number of hydrogen-bond acceptors (Lipinski definition) is 4. The van der Waals surface area contributed by atoms with E-state index in [9.17, 15) is 4.79 Å². The highest BCUT2D eigenvalue weighted by Crippen LogP contribution is 2.39. The van der Waals surface area contributed by atoms with Gasteiger partial charge in [0, 0.05) is 9.37 Å². The summed E-state index contributed by atoms with van der Waals surface area (Å²) < 4.78 is 0.850. The van der Waals surface area contributed by atoms with Crippen molar-refractivity contribution in [2.24, 2.45) is 0 Å². The number of aliphatic hydroxyl groups is 2. The smallest absolute Gasteiger partial charge is 0.294 e. The van der Waals surface area contributed by atoms with E-state index in [2.05, 4.69) is 21.2 Å². The van der Waals surface area contributed by atoms with Crippen molar-refractivity contribution in [3.63, 3.8) is 0 Å². The van der Waals surface area contributed by atoms with Crippen molar-refractivity contribution < 1.29 is 15.0 Å². The van der Waals surface area contributed by atoms with Gasteiger partial charge in [-0.3, -0.25) is 4.79 Å². The summed E-state index contributed by atoms with van der Waals surface area (Å²) in [5.74, 6) is -1.46. The summed E-state index contributed by atoms with van der Waals surface area (Å²) in [6.07, 6.45) is 0. The van der Waals surface area contributed by atoms with Crippen molar-refractivity contribution in [1.82, 2.24) is 0 Å². The van der Waals surface area contributed by atoms with Crippen LogP contribution in [0.4, 0.5) is 5.69 Å². The molecule has 0 bridgehead atoms. The summed E-state index contributed by atoms with van der Waals surface area (Å²) in [6, 6.07) is 5.35. The van der Waals surface area contributed by atoms with Gasteiger partial charge in [-0.05, 0) is 18.2 Å². The Bertz CT molecular complexity index is 468. The Morgan fingerprint density at radius 1 is 1.40 bits per heavy atom. The second kappa shape index (κ2) is 3.79. The Morgan fingerprint density at radius 2 is 2.13 bits per heavy atom. The molecule has 1 amide bonds. The minimum atomic E-state index is -0.953. The maximum Gasteiger partial charge on any atom is 0.294 e. The minimum Gasteiger partial charge on any atom is -0.480 e. The number of carbonyl (C=O) groups excluding carboxylic acids is 1. The molecule has 0 saturated carbocycles. The van der Waals surface area contributed by atoms with E-state index in [1.165, 1.54) is 0 Å². The fourth-order valence-electron chi connectivity index (χ4n) is 1.17. The molecule has 1 aliphatic heterocycles. The summed E-state index contributed by atoms with van der Waals surface area (Å²) in [6.45, 7) is 0. The van der Waals surface area contributed by atoms with Gasteiger partial charge in [-0.15, -0.1) is 0 Å². The standard InChI is InChI=1S/C9H6BrNO3S/c10-4-1-2-6-5(3-4)11-8(12)7(15-6)9(13)14/h1-3,13-14H,(H,11,12). The van der Waals surface area contributed by atoms with E-state index >= 15 is 0 Å². The highest BCUT2D eigenvalue weighted by atomic mass is 79.9. The SMILES string of the molecule is O=C1Nc2cc(Br)ccc2SC1=C(O)O. The average Bonchev–Trinajstić information content (AvgIpc) is 2.15. The van der Waals surface area contributed by atoms with Crippen LogP contribution in [0.25, 0.3) is 0 Å². The van der Waals surface area contributed by atoms with Crippen LogP contribution in [0.1, 0.15) is 0 Å². The van der Waals surface area contributed by atoms with E-state index in [-0.39, 0.29) is 4.91 Å². The second-order valence-corrected chi connectivity index (χ2v) is 4.82. The number of halogens is 1. The van der Waals surface area contributed by atoms with Gasteiger partial charge in [0.1, 0.15) is 0 Å². The number of thioether (sulfide) groups is 1. The van der Waals surface area contributed by atoms with Crippen molar-refractivity contribution >= 4 is 39.3 Å². The van der Waals surface area contributed by atoms with Crippen LogP contribution in [0.15, 0.2) is 38.4 Å². The van der Waals surface area contributed by atoms with Gasteiger partial charge < -0.3 is 15.5 Å². The monoisotopic (exact) mass is 287 g/mol. The van der Waals surface area contributed by atoms with Crippen molar-refractivity contribution in [3.05, 3.63) is 33.5 Å². The molecule has 0 saturated heterocycles. The van der Waals surface area contributed by atoms with Crippen molar-refractivity contribution in [2.45, 2.75) is 4.90 Å². The van der Waals surface area contributed by atoms with E-state index < -0.39 is 11.9 Å². The Hall–Kier alpha value is -1.14. The quantitative estimate of drug-likeness (QED) is 0.507. The van der Waals surface area contributed by atoms with E-state index in [4.69, 9.17) is 10.2 Å². The molecule has 0 aromatic heterocycles. The summed E-state index contributed by atoms with van der Waals surface area (Å²) in [4.78, 5) is 12.1. The topological polar surface area (TPSA) is 69.6 Å². The van der Waals surface area contributed by atoms with Crippen LogP contribution in [0.2, 0.25) is 0 Å². The molecule has 0 aliphatic carbocycles.